The summed E-state index contributed by atoms with van der Waals surface area (Å²) in [6.07, 6.45) is 2.67. The first kappa shape index (κ1) is 17.9. The number of nitrogens with two attached hydrogens (primary N) is 1. The van der Waals surface area contributed by atoms with E-state index in [1.54, 1.807) is 24.3 Å². The van der Waals surface area contributed by atoms with Crippen LogP contribution in [0.5, 0.6) is 0 Å². The number of hydrogen-bond donors (Lipinski definition) is 2. The highest BCUT2D eigenvalue weighted by Gasteiger charge is 2.26. The predicted molar refractivity (Wildman–Crippen MR) is 103 cm³/mol. The second-order valence-electron chi connectivity index (χ2n) is 5.56. The summed E-state index contributed by atoms with van der Waals surface area (Å²) in [5, 5.41) is 3.08. The first-order valence-corrected chi connectivity index (χ1v) is 9.52. The van der Waals surface area contributed by atoms with E-state index in [2.05, 4.69) is 27.9 Å². The molecule has 0 spiro atoms. The van der Waals surface area contributed by atoms with Gasteiger partial charge in [-0.05, 0) is 71.7 Å². The van der Waals surface area contributed by atoms with Crippen molar-refractivity contribution in [2.24, 2.45) is 5.73 Å². The molecule has 1 aromatic carbocycles. The van der Waals surface area contributed by atoms with Crippen molar-refractivity contribution < 1.29 is 19.1 Å². The molecule has 3 N–H and O–H groups in total. The Morgan fingerprint density at radius 3 is 2.60 bits per heavy atom. The first-order valence-electron chi connectivity index (χ1n) is 7.62. The summed E-state index contributed by atoms with van der Waals surface area (Å²) in [6.45, 7) is -0.425. The maximum absolute atomic E-state index is 12.1. The molecule has 0 unspecified atom stereocenters. The topological polar surface area (TPSA) is 98.5 Å². The quantitative estimate of drug-likeness (QED) is 0.519. The van der Waals surface area contributed by atoms with Gasteiger partial charge in [0.15, 0.2) is 6.61 Å². The van der Waals surface area contributed by atoms with Crippen molar-refractivity contribution in [3.63, 3.8) is 0 Å². The van der Waals surface area contributed by atoms with E-state index < -0.39 is 24.4 Å². The van der Waals surface area contributed by atoms with E-state index in [4.69, 9.17) is 10.5 Å². The molecule has 0 fully saturated rings. The van der Waals surface area contributed by atoms with Crippen LogP contribution in [-0.4, -0.2) is 24.4 Å². The molecule has 0 radical (unpaired) electrons. The summed E-state index contributed by atoms with van der Waals surface area (Å²) in [4.78, 5) is 36.8. The van der Waals surface area contributed by atoms with E-state index >= 15 is 0 Å². The summed E-state index contributed by atoms with van der Waals surface area (Å²) in [5.41, 5.74) is 7.14. The minimum atomic E-state index is -0.574. The molecule has 25 heavy (non-hydrogen) atoms. The Morgan fingerprint density at radius 1 is 1.20 bits per heavy atom. The Hall–Kier alpha value is -1.94. The van der Waals surface area contributed by atoms with Crippen LogP contribution in [0.1, 0.15) is 37.6 Å². The van der Waals surface area contributed by atoms with Crippen LogP contribution in [-0.2, 0) is 22.4 Å². The second kappa shape index (κ2) is 7.52. The van der Waals surface area contributed by atoms with Crippen molar-refractivity contribution >= 4 is 56.7 Å². The lowest BCUT2D eigenvalue weighted by molar-refractivity contribution is -0.119. The number of esters is 1. The number of primary amides is 1. The monoisotopic (exact) mass is 470 g/mol. The smallest absolute Gasteiger partial charge is 0.338 e. The highest BCUT2D eigenvalue weighted by Crippen LogP contribution is 2.38. The number of ether oxygens (including phenoxy) is 1. The Labute approximate surface area is 161 Å². The number of carbonyl (C=O) groups excluding carboxylic acids is 3. The highest BCUT2D eigenvalue weighted by atomic mass is 127. The standard InChI is InChI=1S/C17H15IN2O4S/c18-10-6-4-9(5-7-10)17(23)24-8-13(21)20-16-14(15(19)22)11-2-1-3-12(11)25-16/h4-7H,1-3,8H2,(H2,19,22)(H,20,21). The van der Waals surface area contributed by atoms with Gasteiger partial charge in [-0.15, -0.1) is 11.3 Å². The molecule has 3 rings (SSSR count). The molecule has 1 aliphatic rings. The molecule has 0 saturated carbocycles. The number of hydrogen-bond acceptors (Lipinski definition) is 5. The number of halogens is 1. The van der Waals surface area contributed by atoms with Crippen LogP contribution in [0.15, 0.2) is 24.3 Å². The summed E-state index contributed by atoms with van der Waals surface area (Å²) >= 11 is 3.50. The van der Waals surface area contributed by atoms with Crippen molar-refractivity contribution in [3.05, 3.63) is 49.4 Å². The molecule has 6 nitrogen and oxygen atoms in total. The van der Waals surface area contributed by atoms with Gasteiger partial charge in [-0.3, -0.25) is 9.59 Å². The molecule has 0 saturated heterocycles. The third-order valence-electron chi connectivity index (χ3n) is 3.83. The van der Waals surface area contributed by atoms with E-state index in [1.807, 2.05) is 0 Å². The van der Waals surface area contributed by atoms with Crippen molar-refractivity contribution in [2.75, 3.05) is 11.9 Å². The molecule has 0 aliphatic heterocycles. The van der Waals surface area contributed by atoms with Crippen molar-refractivity contribution in [1.82, 2.24) is 0 Å². The van der Waals surface area contributed by atoms with E-state index in [-0.39, 0.29) is 0 Å². The minimum Gasteiger partial charge on any atom is -0.452 e. The van der Waals surface area contributed by atoms with Gasteiger partial charge in [0.05, 0.1) is 11.1 Å². The number of rotatable bonds is 5. The fraction of sp³-hybridized carbons (Fsp3) is 0.235. The number of thiophene rings is 1. The van der Waals surface area contributed by atoms with Crippen LogP contribution in [0.4, 0.5) is 5.00 Å². The molecule has 0 bridgehead atoms. The van der Waals surface area contributed by atoms with Crippen LogP contribution in [0.25, 0.3) is 0 Å². The number of amides is 2. The number of carbonyl (C=O) groups is 3. The molecular weight excluding hydrogens is 455 g/mol. The Bertz CT molecular complexity index is 845. The highest BCUT2D eigenvalue weighted by molar-refractivity contribution is 14.1. The minimum absolute atomic E-state index is 0.376. The van der Waals surface area contributed by atoms with Crippen molar-refractivity contribution in [3.8, 4) is 0 Å². The third kappa shape index (κ3) is 4.01. The summed E-state index contributed by atoms with van der Waals surface area (Å²) in [5.74, 6) is -1.62. The van der Waals surface area contributed by atoms with E-state index in [0.717, 1.165) is 33.3 Å². The lowest BCUT2D eigenvalue weighted by Gasteiger charge is -2.07. The fourth-order valence-corrected chi connectivity index (χ4v) is 4.39. The lowest BCUT2D eigenvalue weighted by atomic mass is 10.1. The van der Waals surface area contributed by atoms with Gasteiger partial charge < -0.3 is 15.8 Å². The molecular formula is C17H15IN2O4S. The zero-order valence-electron chi connectivity index (χ0n) is 13.1. The molecule has 1 aliphatic carbocycles. The molecule has 1 aromatic heterocycles. The van der Waals surface area contributed by atoms with Gasteiger partial charge in [-0.2, -0.15) is 0 Å². The van der Waals surface area contributed by atoms with Gasteiger partial charge in [0.2, 0.25) is 0 Å². The van der Waals surface area contributed by atoms with Gasteiger partial charge in [0.25, 0.3) is 11.8 Å². The SMILES string of the molecule is NC(=O)c1c(NC(=O)COC(=O)c2ccc(I)cc2)sc2c1CCC2. The second-order valence-corrected chi connectivity index (χ2v) is 7.91. The lowest BCUT2D eigenvalue weighted by Crippen LogP contribution is -2.22. The Morgan fingerprint density at radius 2 is 1.92 bits per heavy atom. The maximum Gasteiger partial charge on any atom is 0.338 e. The summed E-state index contributed by atoms with van der Waals surface area (Å²) < 4.78 is 6.01. The molecule has 130 valence electrons. The molecule has 0 atom stereocenters. The van der Waals surface area contributed by atoms with Gasteiger partial charge in [0.1, 0.15) is 5.00 Å². The van der Waals surface area contributed by atoms with Crippen LogP contribution >= 0.6 is 33.9 Å². The average molecular weight is 470 g/mol. The van der Waals surface area contributed by atoms with E-state index in [0.29, 0.717) is 16.1 Å². The Kier molecular flexibility index (Phi) is 5.38. The zero-order valence-corrected chi connectivity index (χ0v) is 16.1. The third-order valence-corrected chi connectivity index (χ3v) is 5.76. The maximum atomic E-state index is 12.1. The predicted octanol–water partition coefficient (Wildman–Crippen LogP) is 2.74. The van der Waals surface area contributed by atoms with Crippen LogP contribution in [0, 0.1) is 3.57 Å². The number of benzene rings is 1. The van der Waals surface area contributed by atoms with Crippen LogP contribution < -0.4 is 11.1 Å². The fourth-order valence-electron chi connectivity index (χ4n) is 2.72. The normalized spacial score (nSPS) is 12.5. The van der Waals surface area contributed by atoms with Gasteiger partial charge in [-0.25, -0.2) is 4.79 Å². The van der Waals surface area contributed by atoms with Crippen LogP contribution in [0.3, 0.4) is 0 Å². The van der Waals surface area contributed by atoms with Gasteiger partial charge in [-0.1, -0.05) is 0 Å². The number of nitrogens with one attached hydrogen (secondary N) is 1. The molecule has 1 heterocycles. The zero-order chi connectivity index (χ0) is 18.0. The van der Waals surface area contributed by atoms with Crippen LogP contribution in [0.2, 0.25) is 0 Å². The number of fused-ring (bicyclic) bond motifs is 1. The van der Waals surface area contributed by atoms with Gasteiger partial charge in [0, 0.05) is 8.45 Å². The van der Waals surface area contributed by atoms with E-state index in [9.17, 15) is 14.4 Å². The number of anilines is 1. The summed E-state index contributed by atoms with van der Waals surface area (Å²) in [6, 6.07) is 6.83. The van der Waals surface area contributed by atoms with Gasteiger partial charge >= 0.3 is 5.97 Å². The molecule has 2 amide bonds. The number of aryl methyl sites for hydroxylation is 1. The van der Waals surface area contributed by atoms with E-state index in [1.165, 1.54) is 11.3 Å². The first-order chi connectivity index (χ1) is 12.0. The molecule has 8 heteroatoms. The summed E-state index contributed by atoms with van der Waals surface area (Å²) in [7, 11) is 0. The Balaban J connectivity index is 1.63. The largest absolute Gasteiger partial charge is 0.452 e. The molecule has 2 aromatic rings. The van der Waals surface area contributed by atoms with Crippen molar-refractivity contribution in [2.45, 2.75) is 19.3 Å². The average Bonchev–Trinajstić information content (AvgIpc) is 3.13. The van der Waals surface area contributed by atoms with Crippen molar-refractivity contribution in [1.29, 1.82) is 0 Å².